The number of phenolic OH excluding ortho intramolecular Hbond substituents is 1. The Balaban J connectivity index is 1.54. The van der Waals surface area contributed by atoms with Crippen LogP contribution in [0.2, 0.25) is 0 Å². The zero-order chi connectivity index (χ0) is 23.7. The number of benzene rings is 4. The predicted octanol–water partition coefficient (Wildman–Crippen LogP) is 7.52. The molecule has 1 fully saturated rings. The standard InChI is InChI=1S/C30H27NO3/c1-29(2)30(3,4)34-28(33-29)20-14-12-19(13-15-20)26-23-17-16-18-8-5-6-9-21(18)25(23)22-10-7-11-24(32)27(22)31-26/h5-17,28,32H,1-4H3. The van der Waals surface area contributed by atoms with Crippen LogP contribution in [0, 0.1) is 0 Å². The van der Waals surface area contributed by atoms with Crippen molar-refractivity contribution in [2.45, 2.75) is 45.2 Å². The van der Waals surface area contributed by atoms with Gasteiger partial charge in [0.2, 0.25) is 0 Å². The van der Waals surface area contributed by atoms with E-state index in [-0.39, 0.29) is 17.0 Å². The number of para-hydroxylation sites is 1. The number of hydrogen-bond donors (Lipinski definition) is 1. The van der Waals surface area contributed by atoms with E-state index in [0.29, 0.717) is 5.52 Å². The normalized spacial score (nSPS) is 17.6. The molecule has 6 rings (SSSR count). The Morgan fingerprint density at radius 3 is 2.12 bits per heavy atom. The van der Waals surface area contributed by atoms with Crippen LogP contribution < -0.4 is 0 Å². The van der Waals surface area contributed by atoms with E-state index < -0.39 is 6.29 Å². The fourth-order valence-corrected chi connectivity index (χ4v) is 4.78. The van der Waals surface area contributed by atoms with E-state index in [1.807, 2.05) is 30.3 Å². The van der Waals surface area contributed by atoms with Gasteiger partial charge < -0.3 is 14.6 Å². The SMILES string of the molecule is CC1(C)OC(c2ccc(-c3nc4c(O)cccc4c4c3ccc3ccccc34)cc2)OC1(C)C. The number of phenols is 1. The summed E-state index contributed by atoms with van der Waals surface area (Å²) in [6.45, 7) is 8.24. The van der Waals surface area contributed by atoms with Gasteiger partial charge in [0.25, 0.3) is 0 Å². The number of hydrogen-bond acceptors (Lipinski definition) is 4. The third-order valence-electron chi connectivity index (χ3n) is 7.40. The van der Waals surface area contributed by atoms with Crippen molar-refractivity contribution in [2.75, 3.05) is 0 Å². The summed E-state index contributed by atoms with van der Waals surface area (Å²) in [5.74, 6) is 0.183. The summed E-state index contributed by atoms with van der Waals surface area (Å²) in [5, 5.41) is 16.1. The summed E-state index contributed by atoms with van der Waals surface area (Å²) in [7, 11) is 0. The summed E-state index contributed by atoms with van der Waals surface area (Å²) >= 11 is 0. The molecule has 0 radical (unpaired) electrons. The summed E-state index contributed by atoms with van der Waals surface area (Å²) in [5.41, 5.74) is 2.63. The van der Waals surface area contributed by atoms with E-state index in [1.54, 1.807) is 6.07 Å². The fraction of sp³-hybridized carbons (Fsp3) is 0.233. The first-order valence-corrected chi connectivity index (χ1v) is 11.6. The van der Waals surface area contributed by atoms with Crippen molar-refractivity contribution in [3.05, 3.63) is 84.4 Å². The first-order chi connectivity index (χ1) is 16.2. The van der Waals surface area contributed by atoms with Crippen LogP contribution in [-0.4, -0.2) is 21.3 Å². The second-order valence-electron chi connectivity index (χ2n) is 10.1. The minimum absolute atomic E-state index is 0.183. The average molecular weight is 450 g/mol. The first kappa shape index (κ1) is 21.1. The van der Waals surface area contributed by atoms with Gasteiger partial charge in [0.15, 0.2) is 6.29 Å². The van der Waals surface area contributed by atoms with Gasteiger partial charge in [0.05, 0.1) is 16.9 Å². The molecule has 0 bridgehead atoms. The quantitative estimate of drug-likeness (QED) is 0.283. The van der Waals surface area contributed by atoms with Gasteiger partial charge in [0, 0.05) is 27.3 Å². The van der Waals surface area contributed by atoms with Crippen molar-refractivity contribution in [1.82, 2.24) is 4.98 Å². The number of nitrogens with zero attached hydrogens (tertiary/aromatic N) is 1. The van der Waals surface area contributed by atoms with E-state index in [0.717, 1.165) is 43.8 Å². The van der Waals surface area contributed by atoms with Gasteiger partial charge in [-0.1, -0.05) is 72.8 Å². The zero-order valence-electron chi connectivity index (χ0n) is 19.8. The molecule has 34 heavy (non-hydrogen) atoms. The number of aromatic nitrogens is 1. The summed E-state index contributed by atoms with van der Waals surface area (Å²) in [6.07, 6.45) is -0.409. The van der Waals surface area contributed by atoms with Crippen LogP contribution in [-0.2, 0) is 9.47 Å². The molecule has 0 spiro atoms. The van der Waals surface area contributed by atoms with Gasteiger partial charge in [-0.05, 0) is 44.5 Å². The highest BCUT2D eigenvalue weighted by Gasteiger charge is 2.49. The monoisotopic (exact) mass is 449 g/mol. The highest BCUT2D eigenvalue weighted by molar-refractivity contribution is 6.22. The van der Waals surface area contributed by atoms with Crippen LogP contribution in [0.25, 0.3) is 43.7 Å². The zero-order valence-corrected chi connectivity index (χ0v) is 19.8. The lowest BCUT2D eigenvalue weighted by Gasteiger charge is -2.30. The van der Waals surface area contributed by atoms with Crippen LogP contribution in [0.3, 0.4) is 0 Å². The molecule has 0 unspecified atom stereocenters. The van der Waals surface area contributed by atoms with Crippen molar-refractivity contribution in [3.63, 3.8) is 0 Å². The van der Waals surface area contributed by atoms with Crippen LogP contribution >= 0.6 is 0 Å². The maximum absolute atomic E-state index is 10.7. The Morgan fingerprint density at radius 2 is 1.38 bits per heavy atom. The molecular formula is C30H27NO3. The van der Waals surface area contributed by atoms with Gasteiger partial charge in [-0.25, -0.2) is 4.98 Å². The molecule has 0 atom stereocenters. The van der Waals surface area contributed by atoms with E-state index >= 15 is 0 Å². The highest BCUT2D eigenvalue weighted by Crippen LogP contribution is 2.45. The summed E-state index contributed by atoms with van der Waals surface area (Å²) < 4.78 is 12.4. The van der Waals surface area contributed by atoms with Gasteiger partial charge in [-0.3, -0.25) is 0 Å². The summed E-state index contributed by atoms with van der Waals surface area (Å²) in [6, 6.07) is 26.4. The second-order valence-corrected chi connectivity index (χ2v) is 10.1. The Hall–Kier alpha value is -3.47. The van der Waals surface area contributed by atoms with Crippen molar-refractivity contribution in [1.29, 1.82) is 0 Å². The van der Waals surface area contributed by atoms with Crippen LogP contribution in [0.15, 0.2) is 78.9 Å². The van der Waals surface area contributed by atoms with Crippen molar-refractivity contribution < 1.29 is 14.6 Å². The molecule has 0 saturated carbocycles. The second kappa shape index (κ2) is 7.26. The third-order valence-corrected chi connectivity index (χ3v) is 7.40. The molecule has 1 saturated heterocycles. The van der Waals surface area contributed by atoms with Crippen molar-refractivity contribution in [2.24, 2.45) is 0 Å². The van der Waals surface area contributed by atoms with Gasteiger partial charge in [0.1, 0.15) is 11.3 Å². The van der Waals surface area contributed by atoms with Gasteiger partial charge in [-0.15, -0.1) is 0 Å². The number of fused-ring (bicyclic) bond motifs is 5. The molecule has 4 heteroatoms. The molecule has 2 heterocycles. The Bertz CT molecular complexity index is 1550. The minimum atomic E-state index is -0.409. The molecule has 0 aliphatic carbocycles. The molecule has 4 nitrogen and oxygen atoms in total. The maximum Gasteiger partial charge on any atom is 0.185 e. The average Bonchev–Trinajstić information content (AvgIpc) is 3.05. The molecule has 4 aromatic carbocycles. The number of pyridine rings is 1. The van der Waals surface area contributed by atoms with E-state index in [1.165, 1.54) is 0 Å². The molecule has 1 aliphatic rings. The van der Waals surface area contributed by atoms with Crippen LogP contribution in [0.4, 0.5) is 0 Å². The number of aromatic hydroxyl groups is 1. The Kier molecular flexibility index (Phi) is 4.50. The molecule has 170 valence electrons. The van der Waals surface area contributed by atoms with Gasteiger partial charge in [-0.2, -0.15) is 0 Å². The van der Waals surface area contributed by atoms with E-state index in [9.17, 15) is 5.11 Å². The molecular weight excluding hydrogens is 422 g/mol. The lowest BCUT2D eigenvalue weighted by atomic mass is 9.90. The lowest BCUT2D eigenvalue weighted by Crippen LogP contribution is -2.41. The Morgan fingerprint density at radius 1 is 0.706 bits per heavy atom. The smallest absolute Gasteiger partial charge is 0.185 e. The molecule has 1 aromatic heterocycles. The van der Waals surface area contributed by atoms with Crippen LogP contribution in [0.5, 0.6) is 5.75 Å². The highest BCUT2D eigenvalue weighted by atomic mass is 16.7. The van der Waals surface area contributed by atoms with Crippen molar-refractivity contribution >= 4 is 32.4 Å². The first-order valence-electron chi connectivity index (χ1n) is 11.6. The maximum atomic E-state index is 10.7. The number of ether oxygens (including phenoxy) is 2. The lowest BCUT2D eigenvalue weighted by molar-refractivity contribution is -0.0895. The predicted molar refractivity (Wildman–Crippen MR) is 137 cm³/mol. The molecule has 1 aliphatic heterocycles. The molecule has 0 amide bonds. The number of rotatable bonds is 2. The van der Waals surface area contributed by atoms with Gasteiger partial charge >= 0.3 is 0 Å². The summed E-state index contributed by atoms with van der Waals surface area (Å²) in [4.78, 5) is 4.94. The van der Waals surface area contributed by atoms with E-state index in [2.05, 4.69) is 70.2 Å². The fourth-order valence-electron chi connectivity index (χ4n) is 4.78. The third kappa shape index (κ3) is 3.10. The van der Waals surface area contributed by atoms with Crippen LogP contribution in [0.1, 0.15) is 39.5 Å². The van der Waals surface area contributed by atoms with Crippen molar-refractivity contribution in [3.8, 4) is 17.0 Å². The van der Waals surface area contributed by atoms with E-state index in [4.69, 9.17) is 14.5 Å². The topological polar surface area (TPSA) is 51.6 Å². The Labute approximate surface area is 198 Å². The molecule has 5 aromatic rings. The molecule has 1 N–H and O–H groups in total. The minimum Gasteiger partial charge on any atom is -0.506 e. The largest absolute Gasteiger partial charge is 0.506 e.